The lowest BCUT2D eigenvalue weighted by Crippen LogP contribution is -2.49. The lowest BCUT2D eigenvalue weighted by Gasteiger charge is -2.31. The minimum atomic E-state index is -3.88. The van der Waals surface area contributed by atoms with Crippen LogP contribution >= 0.6 is 0 Å². The average Bonchev–Trinajstić information content (AvgIpc) is 3.19. The minimum Gasteiger partial charge on any atom is -0.507 e. The molecule has 10 heteroatoms. The van der Waals surface area contributed by atoms with Crippen molar-refractivity contribution in [1.82, 2.24) is 9.62 Å². The molecule has 0 radical (unpaired) electrons. The molecule has 2 N–H and O–H groups in total. The van der Waals surface area contributed by atoms with Gasteiger partial charge in [0.1, 0.15) is 17.0 Å². The van der Waals surface area contributed by atoms with Gasteiger partial charge in [0.05, 0.1) is 18.2 Å². The first-order valence-electron chi connectivity index (χ1n) is 13.1. The van der Waals surface area contributed by atoms with Crippen LogP contribution in [0, 0.1) is 0 Å². The Hall–Kier alpha value is -3.11. The van der Waals surface area contributed by atoms with E-state index in [0.717, 1.165) is 5.56 Å². The topological polar surface area (TPSA) is 122 Å². The third kappa shape index (κ3) is 8.96. The van der Waals surface area contributed by atoms with Crippen molar-refractivity contribution in [1.29, 1.82) is 0 Å². The molecule has 2 aromatic carbocycles. The van der Waals surface area contributed by atoms with Crippen LogP contribution in [0.5, 0.6) is 5.75 Å². The number of likely N-dealkylation sites (tertiary alicyclic amines) is 1. The molecule has 0 saturated carbocycles. The van der Waals surface area contributed by atoms with Crippen LogP contribution in [0.3, 0.4) is 0 Å². The van der Waals surface area contributed by atoms with Crippen LogP contribution in [-0.2, 0) is 30.7 Å². The van der Waals surface area contributed by atoms with Crippen LogP contribution in [0.25, 0.3) is 11.1 Å². The summed E-state index contributed by atoms with van der Waals surface area (Å²) < 4.78 is 39.4. The van der Waals surface area contributed by atoms with Gasteiger partial charge in [-0.05, 0) is 65.5 Å². The Kier molecular flexibility index (Phi) is 9.33. The molecular weight excluding hydrogens is 520 g/mol. The number of para-hydroxylation sites is 1. The Bertz CT molecular complexity index is 1260. The van der Waals surface area contributed by atoms with Crippen molar-refractivity contribution in [3.8, 4) is 16.9 Å². The van der Waals surface area contributed by atoms with Crippen molar-refractivity contribution in [2.45, 2.75) is 84.1 Å². The van der Waals surface area contributed by atoms with Gasteiger partial charge in [0.25, 0.3) is 0 Å². The van der Waals surface area contributed by atoms with Gasteiger partial charge in [-0.25, -0.2) is 17.9 Å². The van der Waals surface area contributed by atoms with Gasteiger partial charge in [-0.3, -0.25) is 4.79 Å². The van der Waals surface area contributed by atoms with E-state index >= 15 is 0 Å². The van der Waals surface area contributed by atoms with Crippen LogP contribution in [0.2, 0.25) is 0 Å². The van der Waals surface area contributed by atoms with Crippen molar-refractivity contribution in [3.05, 3.63) is 54.1 Å². The van der Waals surface area contributed by atoms with E-state index in [1.807, 2.05) is 42.5 Å². The second-order valence-corrected chi connectivity index (χ2v) is 13.7. The molecule has 39 heavy (non-hydrogen) atoms. The number of ether oxygens (including phenoxy) is 2. The van der Waals surface area contributed by atoms with Gasteiger partial charge in [-0.2, -0.15) is 0 Å². The number of phenolic OH excluding ortho intramolecular Hbond substituents is 1. The standard InChI is InChI=1S/C29H40N2O7S/c1-28(2,3)37-25(32)16-18-39(35,36)30-23-15-17-31(27(34)38-29(4,5)6)24(23)19-21-13-10-14-22(26(21)33)20-11-8-7-9-12-20/h7-14,23-24,30,33H,15-19H2,1-6H3. The molecule has 1 saturated heterocycles. The third-order valence-electron chi connectivity index (χ3n) is 6.13. The maximum atomic E-state index is 13.1. The average molecular weight is 561 g/mol. The Morgan fingerprint density at radius 3 is 2.23 bits per heavy atom. The maximum Gasteiger partial charge on any atom is 0.410 e. The number of hydrogen-bond donors (Lipinski definition) is 2. The number of phenols is 1. The number of amides is 1. The number of esters is 1. The first-order valence-corrected chi connectivity index (χ1v) is 14.8. The van der Waals surface area contributed by atoms with Crippen molar-refractivity contribution in [2.75, 3.05) is 12.3 Å². The summed E-state index contributed by atoms with van der Waals surface area (Å²) in [5.41, 5.74) is 0.614. The zero-order valence-electron chi connectivity index (χ0n) is 23.6. The van der Waals surface area contributed by atoms with Crippen molar-refractivity contribution in [2.24, 2.45) is 0 Å². The summed E-state index contributed by atoms with van der Waals surface area (Å²) in [6, 6.07) is 13.6. The fraction of sp³-hybridized carbons (Fsp3) is 0.517. The number of nitrogens with one attached hydrogen (secondary N) is 1. The van der Waals surface area contributed by atoms with Crippen LogP contribution in [0.4, 0.5) is 4.79 Å². The first kappa shape index (κ1) is 30.4. The van der Waals surface area contributed by atoms with E-state index in [4.69, 9.17) is 9.47 Å². The summed E-state index contributed by atoms with van der Waals surface area (Å²) in [7, 11) is -3.88. The molecule has 0 aromatic heterocycles. The number of carbonyl (C=O) groups is 2. The highest BCUT2D eigenvalue weighted by atomic mass is 32.2. The molecule has 1 fully saturated rings. The highest BCUT2D eigenvalue weighted by Crippen LogP contribution is 2.35. The van der Waals surface area contributed by atoms with Crippen LogP contribution in [-0.4, -0.2) is 66.1 Å². The highest BCUT2D eigenvalue weighted by Gasteiger charge is 2.41. The Labute approximate surface area is 231 Å². The zero-order chi connectivity index (χ0) is 29.0. The molecular formula is C29H40N2O7S. The molecule has 1 aliphatic heterocycles. The normalized spacial score (nSPS) is 18.2. The first-order chi connectivity index (χ1) is 18.0. The highest BCUT2D eigenvalue weighted by molar-refractivity contribution is 7.89. The number of rotatable bonds is 8. The molecule has 0 spiro atoms. The third-order valence-corrected chi connectivity index (χ3v) is 7.54. The summed E-state index contributed by atoms with van der Waals surface area (Å²) in [5.74, 6) is -0.966. The van der Waals surface area contributed by atoms with Gasteiger partial charge in [0.15, 0.2) is 0 Å². The number of nitrogens with zero attached hydrogens (tertiary/aromatic N) is 1. The van der Waals surface area contributed by atoms with E-state index in [9.17, 15) is 23.1 Å². The van der Waals surface area contributed by atoms with Gasteiger partial charge < -0.3 is 19.5 Å². The van der Waals surface area contributed by atoms with Crippen LogP contribution in [0.1, 0.15) is 59.9 Å². The largest absolute Gasteiger partial charge is 0.507 e. The van der Waals surface area contributed by atoms with Crippen LogP contribution in [0.15, 0.2) is 48.5 Å². The number of hydrogen-bond acceptors (Lipinski definition) is 7. The van der Waals surface area contributed by atoms with E-state index in [-0.39, 0.29) is 25.1 Å². The van der Waals surface area contributed by atoms with Gasteiger partial charge in [0, 0.05) is 18.2 Å². The van der Waals surface area contributed by atoms with E-state index in [1.165, 1.54) is 4.90 Å². The lowest BCUT2D eigenvalue weighted by molar-refractivity contribution is -0.154. The summed E-state index contributed by atoms with van der Waals surface area (Å²) in [4.78, 5) is 26.7. The van der Waals surface area contributed by atoms with Crippen molar-refractivity contribution < 1.29 is 32.6 Å². The minimum absolute atomic E-state index is 0.0753. The second kappa shape index (κ2) is 12.0. The van der Waals surface area contributed by atoms with Crippen molar-refractivity contribution in [3.63, 3.8) is 0 Å². The molecule has 1 heterocycles. The van der Waals surface area contributed by atoms with E-state index < -0.39 is 51.1 Å². The van der Waals surface area contributed by atoms with Gasteiger partial charge in [0.2, 0.25) is 10.0 Å². The van der Waals surface area contributed by atoms with E-state index in [2.05, 4.69) is 4.72 Å². The SMILES string of the molecule is CC(C)(C)OC(=O)CCS(=O)(=O)NC1CCN(C(=O)OC(C)(C)C)C1Cc1cccc(-c2ccccc2)c1O. The molecule has 3 rings (SSSR count). The predicted molar refractivity (Wildman–Crippen MR) is 150 cm³/mol. The smallest absolute Gasteiger partial charge is 0.410 e. The summed E-state index contributed by atoms with van der Waals surface area (Å²) in [6.45, 7) is 10.7. The number of benzene rings is 2. The molecule has 2 unspecified atom stereocenters. The fourth-order valence-electron chi connectivity index (χ4n) is 4.52. The van der Waals surface area contributed by atoms with Crippen molar-refractivity contribution >= 4 is 22.1 Å². The Balaban J connectivity index is 1.84. The zero-order valence-corrected chi connectivity index (χ0v) is 24.4. The monoisotopic (exact) mass is 560 g/mol. The van der Waals surface area contributed by atoms with E-state index in [1.54, 1.807) is 47.6 Å². The molecule has 2 atom stereocenters. The molecule has 214 valence electrons. The van der Waals surface area contributed by atoms with Gasteiger partial charge in [-0.15, -0.1) is 0 Å². The van der Waals surface area contributed by atoms with Gasteiger partial charge >= 0.3 is 12.1 Å². The number of aromatic hydroxyl groups is 1. The summed E-state index contributed by atoms with van der Waals surface area (Å²) >= 11 is 0. The quantitative estimate of drug-likeness (QED) is 0.451. The second-order valence-electron chi connectivity index (χ2n) is 11.8. The summed E-state index contributed by atoms with van der Waals surface area (Å²) in [6.07, 6.45) is -0.291. The fourth-order valence-corrected chi connectivity index (χ4v) is 5.81. The Morgan fingerprint density at radius 1 is 0.974 bits per heavy atom. The molecule has 0 aliphatic carbocycles. The number of carbonyl (C=O) groups excluding carboxylic acids is 2. The molecule has 2 aromatic rings. The number of sulfonamides is 1. The predicted octanol–water partition coefficient (Wildman–Crippen LogP) is 4.63. The summed E-state index contributed by atoms with van der Waals surface area (Å²) in [5, 5.41) is 11.1. The lowest BCUT2D eigenvalue weighted by atomic mass is 9.95. The molecule has 0 bridgehead atoms. The van der Waals surface area contributed by atoms with Crippen LogP contribution < -0.4 is 4.72 Å². The maximum absolute atomic E-state index is 13.1. The molecule has 1 amide bonds. The Morgan fingerprint density at radius 2 is 1.62 bits per heavy atom. The molecule has 1 aliphatic rings. The molecule has 9 nitrogen and oxygen atoms in total. The van der Waals surface area contributed by atoms with Gasteiger partial charge in [-0.1, -0.05) is 48.5 Å². The van der Waals surface area contributed by atoms with E-state index in [0.29, 0.717) is 17.5 Å².